The van der Waals surface area contributed by atoms with Crippen LogP contribution in [-0.4, -0.2) is 23.3 Å². The van der Waals surface area contributed by atoms with Crippen molar-refractivity contribution in [2.45, 2.75) is 60.5 Å². The van der Waals surface area contributed by atoms with E-state index < -0.39 is 6.10 Å². The molecule has 1 aromatic rings. The van der Waals surface area contributed by atoms with E-state index in [4.69, 9.17) is 4.74 Å². The van der Waals surface area contributed by atoms with Gasteiger partial charge in [-0.1, -0.05) is 48.5 Å². The molecule has 0 aliphatic carbocycles. The Morgan fingerprint density at radius 3 is 2.61 bits per heavy atom. The number of methoxy groups -OCH3 is 1. The number of pyridine rings is 1. The van der Waals surface area contributed by atoms with Crippen molar-refractivity contribution >= 4 is 0 Å². The Morgan fingerprint density at radius 1 is 1.32 bits per heavy atom. The van der Waals surface area contributed by atoms with Crippen LogP contribution < -0.4 is 10.2 Å². The highest BCUT2D eigenvalue weighted by Gasteiger charge is 2.12. The third-order valence-corrected chi connectivity index (χ3v) is 5.00. The average molecular weight is 386 g/mol. The molecule has 4 heteroatoms. The van der Waals surface area contributed by atoms with E-state index in [1.807, 2.05) is 40.7 Å². The van der Waals surface area contributed by atoms with Gasteiger partial charge in [0.15, 0.2) is 11.3 Å². The summed E-state index contributed by atoms with van der Waals surface area (Å²) in [5.41, 5.74) is 4.95. The molecule has 0 spiro atoms. The van der Waals surface area contributed by atoms with E-state index in [1.54, 1.807) is 7.11 Å². The lowest BCUT2D eigenvalue weighted by molar-refractivity contribution is 0.173. The number of ether oxygens (including phenoxy) is 1. The zero-order valence-corrected chi connectivity index (χ0v) is 18.3. The second kappa shape index (κ2) is 11.5. The summed E-state index contributed by atoms with van der Waals surface area (Å²) in [6.07, 6.45) is 11.4. The fourth-order valence-electron chi connectivity index (χ4n) is 2.91. The van der Waals surface area contributed by atoms with Crippen molar-refractivity contribution in [2.24, 2.45) is 5.92 Å². The van der Waals surface area contributed by atoms with Crippen molar-refractivity contribution < 1.29 is 9.84 Å². The average Bonchev–Trinajstić information content (AvgIpc) is 2.67. The lowest BCUT2D eigenvalue weighted by atomic mass is 9.96. The Morgan fingerprint density at radius 2 is 2.00 bits per heavy atom. The predicted octanol–water partition coefficient (Wildman–Crippen LogP) is 5.04. The number of aliphatic hydroxyl groups is 1. The van der Waals surface area contributed by atoms with Crippen LogP contribution in [0.15, 0.2) is 58.0 Å². The molecule has 1 rings (SSSR count). The quantitative estimate of drug-likeness (QED) is 0.462. The molecule has 0 aliphatic rings. The maximum Gasteiger partial charge on any atom is 0.194 e. The standard InChI is InChI=1S/C24H35NO3/c1-8-18(4)24(27)19(5)14-17(3)11-9-10-16(2)12-13-21-20(6)22(26)15-23(25-21)28-7/h8-9,11-12,14-15,19,24,27H,10,13H2,1-7H3,(H,25,26)/b11-9+,16-12+,17-14+,18-8+. The fourth-order valence-corrected chi connectivity index (χ4v) is 2.91. The van der Waals surface area contributed by atoms with E-state index in [-0.39, 0.29) is 11.3 Å². The topological polar surface area (TPSA) is 62.3 Å². The van der Waals surface area contributed by atoms with Gasteiger partial charge in [0.25, 0.3) is 0 Å². The molecule has 154 valence electrons. The Hall–Kier alpha value is -2.33. The summed E-state index contributed by atoms with van der Waals surface area (Å²) in [5, 5.41) is 10.2. The number of aromatic nitrogens is 1. The number of allylic oxidation sites excluding steroid dienone is 6. The summed E-state index contributed by atoms with van der Waals surface area (Å²) in [6, 6.07) is 1.48. The Labute approximate surface area is 169 Å². The largest absolute Gasteiger partial charge is 0.482 e. The first-order valence-electron chi connectivity index (χ1n) is 9.77. The van der Waals surface area contributed by atoms with Gasteiger partial charge < -0.3 is 14.8 Å². The molecule has 2 atom stereocenters. The first-order valence-corrected chi connectivity index (χ1v) is 9.77. The van der Waals surface area contributed by atoms with Crippen molar-refractivity contribution in [3.05, 3.63) is 74.6 Å². The summed E-state index contributed by atoms with van der Waals surface area (Å²) in [4.78, 5) is 15.1. The number of aromatic amines is 1. The van der Waals surface area contributed by atoms with Gasteiger partial charge in [-0.2, -0.15) is 0 Å². The lowest BCUT2D eigenvalue weighted by Crippen LogP contribution is -2.17. The van der Waals surface area contributed by atoms with Gasteiger partial charge in [0.1, 0.15) is 0 Å². The van der Waals surface area contributed by atoms with Crippen LogP contribution in [0.25, 0.3) is 0 Å². The summed E-state index contributed by atoms with van der Waals surface area (Å²) in [5.74, 6) is 0.562. The van der Waals surface area contributed by atoms with Crippen LogP contribution in [0, 0.1) is 12.8 Å². The summed E-state index contributed by atoms with van der Waals surface area (Å²) in [6.45, 7) is 11.9. The second-order valence-corrected chi connectivity index (χ2v) is 7.41. The molecule has 0 fully saturated rings. The predicted molar refractivity (Wildman–Crippen MR) is 118 cm³/mol. The molecule has 0 aromatic carbocycles. The van der Waals surface area contributed by atoms with E-state index in [1.165, 1.54) is 11.6 Å². The smallest absolute Gasteiger partial charge is 0.194 e. The van der Waals surface area contributed by atoms with Gasteiger partial charge in [0.05, 0.1) is 13.2 Å². The van der Waals surface area contributed by atoms with E-state index in [0.717, 1.165) is 28.8 Å². The van der Waals surface area contributed by atoms with Gasteiger partial charge in [0.2, 0.25) is 0 Å². The number of hydrogen-bond acceptors (Lipinski definition) is 3. The third-order valence-electron chi connectivity index (χ3n) is 5.00. The minimum atomic E-state index is -0.441. The van der Waals surface area contributed by atoms with Crippen LogP contribution in [0.2, 0.25) is 0 Å². The molecule has 0 saturated carbocycles. The monoisotopic (exact) mass is 385 g/mol. The number of H-pyrrole nitrogens is 1. The maximum absolute atomic E-state index is 11.9. The zero-order valence-electron chi connectivity index (χ0n) is 18.3. The van der Waals surface area contributed by atoms with Gasteiger partial charge in [-0.05, 0) is 46.6 Å². The number of hydrogen-bond donors (Lipinski definition) is 2. The third kappa shape index (κ3) is 7.35. The Bertz CT molecular complexity index is 825. The molecule has 2 unspecified atom stereocenters. The molecule has 1 heterocycles. The van der Waals surface area contributed by atoms with Crippen LogP contribution in [0.4, 0.5) is 0 Å². The minimum absolute atomic E-state index is 0.0122. The van der Waals surface area contributed by atoms with Gasteiger partial charge in [0, 0.05) is 29.7 Å². The Balaban J connectivity index is 2.71. The molecule has 4 nitrogen and oxygen atoms in total. The molecule has 2 N–H and O–H groups in total. The van der Waals surface area contributed by atoms with Crippen LogP contribution in [0.1, 0.15) is 52.3 Å². The molecular formula is C24H35NO3. The van der Waals surface area contributed by atoms with Crippen molar-refractivity contribution in [2.75, 3.05) is 7.11 Å². The number of nitrogens with one attached hydrogen (secondary N) is 1. The molecule has 28 heavy (non-hydrogen) atoms. The first kappa shape index (κ1) is 23.7. The molecule has 0 saturated heterocycles. The summed E-state index contributed by atoms with van der Waals surface area (Å²) >= 11 is 0. The van der Waals surface area contributed by atoms with E-state index in [9.17, 15) is 9.90 Å². The van der Waals surface area contributed by atoms with Crippen LogP contribution in [0.5, 0.6) is 5.88 Å². The van der Waals surface area contributed by atoms with Crippen LogP contribution in [0.3, 0.4) is 0 Å². The van der Waals surface area contributed by atoms with E-state index >= 15 is 0 Å². The van der Waals surface area contributed by atoms with E-state index in [2.05, 4.69) is 36.2 Å². The van der Waals surface area contributed by atoms with E-state index in [0.29, 0.717) is 12.3 Å². The van der Waals surface area contributed by atoms with Crippen molar-refractivity contribution in [3.8, 4) is 5.88 Å². The lowest BCUT2D eigenvalue weighted by Gasteiger charge is -2.16. The summed E-state index contributed by atoms with van der Waals surface area (Å²) in [7, 11) is 1.55. The molecule has 0 radical (unpaired) electrons. The zero-order chi connectivity index (χ0) is 21.3. The van der Waals surface area contributed by atoms with Crippen LogP contribution in [-0.2, 0) is 6.42 Å². The van der Waals surface area contributed by atoms with Crippen molar-refractivity contribution in [3.63, 3.8) is 0 Å². The summed E-state index contributed by atoms with van der Waals surface area (Å²) < 4.78 is 5.14. The highest BCUT2D eigenvalue weighted by Crippen LogP contribution is 2.16. The van der Waals surface area contributed by atoms with Crippen molar-refractivity contribution in [1.29, 1.82) is 0 Å². The fraction of sp³-hybridized carbons (Fsp3) is 0.458. The van der Waals surface area contributed by atoms with Gasteiger partial charge in [-0.3, -0.25) is 4.79 Å². The molecule has 1 aromatic heterocycles. The SMILES string of the molecule is C/C=C(\C)C(O)C(C)/C=C(C)/C=C/C/C(C)=C/Cc1[nH]c(OC)cc(=O)c1C. The minimum Gasteiger partial charge on any atom is -0.482 e. The van der Waals surface area contributed by atoms with Crippen LogP contribution >= 0.6 is 0 Å². The van der Waals surface area contributed by atoms with Crippen molar-refractivity contribution in [1.82, 2.24) is 4.98 Å². The number of aliphatic hydroxyl groups excluding tert-OH is 1. The van der Waals surface area contributed by atoms with Gasteiger partial charge in [-0.15, -0.1) is 0 Å². The highest BCUT2D eigenvalue weighted by atomic mass is 16.5. The molecule has 0 amide bonds. The molecular weight excluding hydrogens is 350 g/mol. The molecule has 0 bridgehead atoms. The maximum atomic E-state index is 11.9. The Kier molecular flexibility index (Phi) is 9.74. The van der Waals surface area contributed by atoms with Gasteiger partial charge in [-0.25, -0.2) is 0 Å². The molecule has 0 aliphatic heterocycles. The number of rotatable bonds is 9. The highest BCUT2D eigenvalue weighted by molar-refractivity contribution is 5.27. The van der Waals surface area contributed by atoms with Gasteiger partial charge >= 0.3 is 0 Å². The first-order chi connectivity index (χ1) is 13.2. The normalized spacial score (nSPS) is 15.8. The second-order valence-electron chi connectivity index (χ2n) is 7.41.